The SMILES string of the molecule is COC(C)C(C)N[C@@H](C)c1ccc(F)cc1. The fourth-order valence-corrected chi connectivity index (χ4v) is 1.58. The van der Waals surface area contributed by atoms with Gasteiger partial charge >= 0.3 is 0 Å². The van der Waals surface area contributed by atoms with Crippen molar-refractivity contribution >= 4 is 0 Å². The highest BCUT2D eigenvalue weighted by atomic mass is 19.1. The molecule has 0 aliphatic rings. The molecular weight excluding hydrogens is 205 g/mol. The molecule has 0 amide bonds. The van der Waals surface area contributed by atoms with Crippen molar-refractivity contribution in [1.82, 2.24) is 5.32 Å². The maximum atomic E-state index is 12.8. The Balaban J connectivity index is 2.58. The second-order valence-corrected chi connectivity index (χ2v) is 4.17. The Morgan fingerprint density at radius 3 is 2.19 bits per heavy atom. The molecule has 0 aliphatic heterocycles. The van der Waals surface area contributed by atoms with Crippen LogP contribution in [0, 0.1) is 5.82 Å². The molecule has 1 aromatic rings. The highest BCUT2D eigenvalue weighted by molar-refractivity contribution is 5.19. The number of ether oxygens (including phenoxy) is 1. The van der Waals surface area contributed by atoms with Crippen molar-refractivity contribution in [2.45, 2.75) is 39.0 Å². The normalized spacial score (nSPS) is 16.8. The molecule has 1 rings (SSSR count). The minimum absolute atomic E-state index is 0.155. The van der Waals surface area contributed by atoms with Crippen molar-refractivity contribution in [3.05, 3.63) is 35.6 Å². The number of rotatable bonds is 5. The molecule has 1 aromatic carbocycles. The predicted molar refractivity (Wildman–Crippen MR) is 63.9 cm³/mol. The first-order chi connectivity index (χ1) is 7.54. The van der Waals surface area contributed by atoms with E-state index >= 15 is 0 Å². The Morgan fingerprint density at radius 2 is 1.69 bits per heavy atom. The number of hydrogen-bond donors (Lipinski definition) is 1. The van der Waals surface area contributed by atoms with Gasteiger partial charge in [0.2, 0.25) is 0 Å². The molecule has 0 aliphatic carbocycles. The zero-order chi connectivity index (χ0) is 12.1. The second kappa shape index (κ2) is 5.97. The van der Waals surface area contributed by atoms with Crippen molar-refractivity contribution in [1.29, 1.82) is 0 Å². The average molecular weight is 225 g/mol. The first-order valence-corrected chi connectivity index (χ1v) is 5.59. The van der Waals surface area contributed by atoms with Gasteiger partial charge in [0.25, 0.3) is 0 Å². The summed E-state index contributed by atoms with van der Waals surface area (Å²) in [5.74, 6) is -0.200. The van der Waals surface area contributed by atoms with E-state index < -0.39 is 0 Å². The first kappa shape index (κ1) is 13.1. The summed E-state index contributed by atoms with van der Waals surface area (Å²) in [7, 11) is 1.70. The van der Waals surface area contributed by atoms with Gasteiger partial charge in [0.1, 0.15) is 5.82 Å². The molecule has 0 aromatic heterocycles. The summed E-state index contributed by atoms with van der Waals surface area (Å²) in [5, 5.41) is 3.42. The van der Waals surface area contributed by atoms with Crippen LogP contribution in [-0.2, 0) is 4.74 Å². The van der Waals surface area contributed by atoms with Crippen LogP contribution in [0.4, 0.5) is 4.39 Å². The zero-order valence-corrected chi connectivity index (χ0v) is 10.3. The molecule has 0 spiro atoms. The van der Waals surface area contributed by atoms with E-state index in [1.165, 1.54) is 12.1 Å². The van der Waals surface area contributed by atoms with Crippen LogP contribution in [0.1, 0.15) is 32.4 Å². The maximum Gasteiger partial charge on any atom is 0.123 e. The van der Waals surface area contributed by atoms with Crippen molar-refractivity contribution in [3.8, 4) is 0 Å². The Morgan fingerprint density at radius 1 is 1.12 bits per heavy atom. The van der Waals surface area contributed by atoms with Crippen molar-refractivity contribution in [2.75, 3.05) is 7.11 Å². The third-order valence-corrected chi connectivity index (χ3v) is 2.96. The molecule has 0 radical (unpaired) electrons. The molecule has 16 heavy (non-hydrogen) atoms. The average Bonchev–Trinajstić information content (AvgIpc) is 2.28. The van der Waals surface area contributed by atoms with Gasteiger partial charge < -0.3 is 10.1 Å². The molecule has 0 heterocycles. The lowest BCUT2D eigenvalue weighted by molar-refractivity contribution is 0.0852. The van der Waals surface area contributed by atoms with E-state index in [0.29, 0.717) is 0 Å². The summed E-state index contributed by atoms with van der Waals surface area (Å²) < 4.78 is 18.0. The lowest BCUT2D eigenvalue weighted by Gasteiger charge is -2.24. The number of benzene rings is 1. The predicted octanol–water partition coefficient (Wildman–Crippen LogP) is 2.90. The quantitative estimate of drug-likeness (QED) is 0.832. The Hall–Kier alpha value is -0.930. The number of hydrogen-bond acceptors (Lipinski definition) is 2. The van der Waals surface area contributed by atoms with Crippen LogP contribution >= 0.6 is 0 Å². The van der Waals surface area contributed by atoms with Gasteiger partial charge in [-0.25, -0.2) is 4.39 Å². The smallest absolute Gasteiger partial charge is 0.123 e. The van der Waals surface area contributed by atoms with Crippen LogP contribution in [0.25, 0.3) is 0 Å². The maximum absolute atomic E-state index is 12.8. The number of halogens is 1. The standard InChI is InChI=1S/C13H20FNO/c1-9(11(3)16-4)15-10(2)12-5-7-13(14)8-6-12/h5-11,15H,1-4H3/t9?,10-,11?/m0/s1. The van der Waals surface area contributed by atoms with Crippen LogP contribution < -0.4 is 5.32 Å². The molecule has 2 nitrogen and oxygen atoms in total. The zero-order valence-electron chi connectivity index (χ0n) is 10.3. The van der Waals surface area contributed by atoms with E-state index in [1.807, 2.05) is 6.92 Å². The van der Waals surface area contributed by atoms with E-state index in [9.17, 15) is 4.39 Å². The fraction of sp³-hybridized carbons (Fsp3) is 0.538. The van der Waals surface area contributed by atoms with Gasteiger partial charge in [-0.3, -0.25) is 0 Å². The number of nitrogens with one attached hydrogen (secondary N) is 1. The van der Waals surface area contributed by atoms with Gasteiger partial charge in [-0.05, 0) is 38.5 Å². The van der Waals surface area contributed by atoms with E-state index in [2.05, 4.69) is 19.2 Å². The van der Waals surface area contributed by atoms with E-state index in [1.54, 1.807) is 19.2 Å². The summed E-state index contributed by atoms with van der Waals surface area (Å²) in [6.45, 7) is 6.16. The Bertz CT molecular complexity index is 312. The van der Waals surface area contributed by atoms with Crippen molar-refractivity contribution < 1.29 is 9.13 Å². The van der Waals surface area contributed by atoms with Gasteiger partial charge in [0.05, 0.1) is 6.10 Å². The van der Waals surface area contributed by atoms with Crippen LogP contribution in [0.3, 0.4) is 0 Å². The van der Waals surface area contributed by atoms with Gasteiger partial charge in [0, 0.05) is 19.2 Å². The third-order valence-electron chi connectivity index (χ3n) is 2.96. The largest absolute Gasteiger partial charge is 0.380 e. The summed E-state index contributed by atoms with van der Waals surface area (Å²) in [6, 6.07) is 7.02. The second-order valence-electron chi connectivity index (χ2n) is 4.17. The topological polar surface area (TPSA) is 21.3 Å². The van der Waals surface area contributed by atoms with E-state index in [-0.39, 0.29) is 24.0 Å². The third kappa shape index (κ3) is 3.58. The monoisotopic (exact) mass is 225 g/mol. The minimum atomic E-state index is -0.200. The molecule has 0 saturated heterocycles. The number of methoxy groups -OCH3 is 1. The Kier molecular flexibility index (Phi) is 4.90. The molecule has 90 valence electrons. The van der Waals surface area contributed by atoms with Gasteiger partial charge in [-0.15, -0.1) is 0 Å². The van der Waals surface area contributed by atoms with Gasteiger partial charge in [-0.1, -0.05) is 12.1 Å². The summed E-state index contributed by atoms with van der Waals surface area (Å²) in [5.41, 5.74) is 1.08. The summed E-state index contributed by atoms with van der Waals surface area (Å²) >= 11 is 0. The van der Waals surface area contributed by atoms with E-state index in [4.69, 9.17) is 4.74 Å². The lowest BCUT2D eigenvalue weighted by Crippen LogP contribution is -2.38. The van der Waals surface area contributed by atoms with Crippen LogP contribution in [0.15, 0.2) is 24.3 Å². The molecular formula is C13H20FNO. The van der Waals surface area contributed by atoms with Crippen LogP contribution in [0.2, 0.25) is 0 Å². The molecule has 1 N–H and O–H groups in total. The van der Waals surface area contributed by atoms with Crippen molar-refractivity contribution in [2.24, 2.45) is 0 Å². The van der Waals surface area contributed by atoms with Crippen LogP contribution in [0.5, 0.6) is 0 Å². The molecule has 2 unspecified atom stereocenters. The molecule has 0 saturated carbocycles. The Labute approximate surface area is 96.8 Å². The fourth-order valence-electron chi connectivity index (χ4n) is 1.58. The van der Waals surface area contributed by atoms with Gasteiger partial charge in [0.15, 0.2) is 0 Å². The highest BCUT2D eigenvalue weighted by Crippen LogP contribution is 2.14. The molecule has 0 bridgehead atoms. The molecule has 0 fully saturated rings. The molecule has 3 atom stereocenters. The molecule has 3 heteroatoms. The minimum Gasteiger partial charge on any atom is -0.380 e. The summed E-state index contributed by atoms with van der Waals surface area (Å²) in [4.78, 5) is 0. The van der Waals surface area contributed by atoms with Gasteiger partial charge in [-0.2, -0.15) is 0 Å². The van der Waals surface area contributed by atoms with Crippen LogP contribution in [-0.4, -0.2) is 19.3 Å². The lowest BCUT2D eigenvalue weighted by atomic mass is 10.1. The first-order valence-electron chi connectivity index (χ1n) is 5.59. The highest BCUT2D eigenvalue weighted by Gasteiger charge is 2.14. The van der Waals surface area contributed by atoms with E-state index in [0.717, 1.165) is 5.56 Å². The van der Waals surface area contributed by atoms with Crippen molar-refractivity contribution in [3.63, 3.8) is 0 Å². The summed E-state index contributed by atoms with van der Waals surface area (Å²) in [6.07, 6.45) is 0.155.